The summed E-state index contributed by atoms with van der Waals surface area (Å²) >= 11 is 9.73. The minimum Gasteiger partial charge on any atom is -0.365 e. The number of aromatic nitrogens is 1. The molecule has 0 fully saturated rings. The molecule has 1 aromatic heterocycles. The first-order valence-corrected chi connectivity index (χ1v) is 8.25. The van der Waals surface area contributed by atoms with Crippen LogP contribution in [-0.2, 0) is 13.0 Å². The molecule has 0 aliphatic carbocycles. The lowest BCUT2D eigenvalue weighted by molar-refractivity contribution is 0.532. The topological polar surface area (TPSA) is 16.1 Å². The first kappa shape index (κ1) is 13.9. The fourth-order valence-electron chi connectivity index (χ4n) is 2.69. The molecule has 0 saturated carbocycles. The highest BCUT2D eigenvalue weighted by atomic mass is 79.9. The molecule has 0 saturated heterocycles. The molecule has 2 heterocycles. The molecule has 1 aliphatic rings. The summed E-state index contributed by atoms with van der Waals surface area (Å²) in [5.41, 5.74) is 3.65. The van der Waals surface area contributed by atoms with E-state index in [1.165, 1.54) is 11.3 Å². The minimum atomic E-state index is 0.597. The van der Waals surface area contributed by atoms with Crippen LogP contribution in [0.3, 0.4) is 0 Å². The van der Waals surface area contributed by atoms with E-state index < -0.39 is 0 Å². The Morgan fingerprint density at radius 1 is 1.30 bits per heavy atom. The normalized spacial score (nSPS) is 17.9. The highest BCUT2D eigenvalue weighted by Gasteiger charge is 2.25. The molecule has 0 amide bonds. The van der Waals surface area contributed by atoms with Gasteiger partial charge in [-0.3, -0.25) is 4.98 Å². The van der Waals surface area contributed by atoms with Gasteiger partial charge in [0.1, 0.15) is 0 Å². The van der Waals surface area contributed by atoms with Gasteiger partial charge in [-0.2, -0.15) is 0 Å². The standard InChI is InChI=1S/C16H16BrClN2/c17-8-13-6-15-16(7-14(18)9-19-15)20(11-13)10-12-4-2-1-3-5-12/h1-5,7,9,13H,6,8,10-11H2/t13-/m0/s1. The molecule has 0 bridgehead atoms. The summed E-state index contributed by atoms with van der Waals surface area (Å²) in [5, 5.41) is 1.71. The molecule has 0 spiro atoms. The van der Waals surface area contributed by atoms with Crippen molar-refractivity contribution in [2.45, 2.75) is 13.0 Å². The summed E-state index contributed by atoms with van der Waals surface area (Å²) in [6.45, 7) is 1.94. The van der Waals surface area contributed by atoms with Crippen molar-refractivity contribution >= 4 is 33.2 Å². The predicted octanol–water partition coefficient (Wildman–Crippen LogP) is 4.31. The van der Waals surface area contributed by atoms with Gasteiger partial charge in [0.25, 0.3) is 0 Å². The lowest BCUT2D eigenvalue weighted by Crippen LogP contribution is -2.36. The van der Waals surface area contributed by atoms with E-state index in [1.54, 1.807) is 6.20 Å². The fraction of sp³-hybridized carbons (Fsp3) is 0.312. The smallest absolute Gasteiger partial charge is 0.0641 e. The summed E-state index contributed by atoms with van der Waals surface area (Å²) in [6, 6.07) is 12.6. The second-order valence-corrected chi connectivity index (χ2v) is 6.29. The maximum Gasteiger partial charge on any atom is 0.0641 e. The van der Waals surface area contributed by atoms with Gasteiger partial charge in [-0.15, -0.1) is 0 Å². The van der Waals surface area contributed by atoms with Crippen LogP contribution in [0.4, 0.5) is 5.69 Å². The van der Waals surface area contributed by atoms with Crippen LogP contribution < -0.4 is 4.90 Å². The van der Waals surface area contributed by atoms with Gasteiger partial charge in [-0.05, 0) is 24.0 Å². The molecule has 0 N–H and O–H groups in total. The van der Waals surface area contributed by atoms with E-state index in [0.717, 1.165) is 30.5 Å². The van der Waals surface area contributed by atoms with Crippen LogP contribution >= 0.6 is 27.5 Å². The van der Waals surface area contributed by atoms with Crippen LogP contribution in [0.1, 0.15) is 11.3 Å². The monoisotopic (exact) mass is 350 g/mol. The number of nitrogens with zero attached hydrogens (tertiary/aromatic N) is 2. The zero-order valence-electron chi connectivity index (χ0n) is 11.1. The second kappa shape index (κ2) is 6.15. The van der Waals surface area contributed by atoms with Crippen LogP contribution in [0.25, 0.3) is 0 Å². The van der Waals surface area contributed by atoms with Gasteiger partial charge < -0.3 is 4.90 Å². The SMILES string of the molecule is Clc1cnc2c(c1)N(Cc1ccccc1)C[C@H](CBr)C2. The molecular formula is C16H16BrClN2. The van der Waals surface area contributed by atoms with E-state index >= 15 is 0 Å². The molecule has 1 atom stereocenters. The van der Waals surface area contributed by atoms with E-state index in [2.05, 4.69) is 50.1 Å². The fourth-order valence-corrected chi connectivity index (χ4v) is 3.28. The van der Waals surface area contributed by atoms with Crippen molar-refractivity contribution in [2.75, 3.05) is 16.8 Å². The number of anilines is 1. The zero-order chi connectivity index (χ0) is 13.9. The Morgan fingerprint density at radius 2 is 2.10 bits per heavy atom. The van der Waals surface area contributed by atoms with Gasteiger partial charge in [0.05, 0.1) is 16.4 Å². The Labute approximate surface area is 132 Å². The summed E-state index contributed by atoms with van der Waals surface area (Å²) in [5.74, 6) is 0.597. The van der Waals surface area contributed by atoms with Gasteiger partial charge in [0, 0.05) is 24.6 Å². The van der Waals surface area contributed by atoms with Gasteiger partial charge in [0.15, 0.2) is 0 Å². The third-order valence-electron chi connectivity index (χ3n) is 3.65. The molecule has 1 aliphatic heterocycles. The van der Waals surface area contributed by atoms with Gasteiger partial charge in [-0.1, -0.05) is 57.9 Å². The summed E-state index contributed by atoms with van der Waals surface area (Å²) in [6.07, 6.45) is 2.76. The van der Waals surface area contributed by atoms with Crippen LogP contribution in [0, 0.1) is 5.92 Å². The molecule has 2 aromatic rings. The first-order chi connectivity index (χ1) is 9.76. The van der Waals surface area contributed by atoms with Gasteiger partial charge >= 0.3 is 0 Å². The Morgan fingerprint density at radius 3 is 2.85 bits per heavy atom. The molecule has 1 aromatic carbocycles. The highest BCUT2D eigenvalue weighted by Crippen LogP contribution is 2.32. The number of halogens is 2. The number of benzene rings is 1. The van der Waals surface area contributed by atoms with Gasteiger partial charge in [-0.25, -0.2) is 0 Å². The van der Waals surface area contributed by atoms with Crippen molar-refractivity contribution in [1.29, 1.82) is 0 Å². The molecule has 2 nitrogen and oxygen atoms in total. The van der Waals surface area contributed by atoms with E-state index in [0.29, 0.717) is 10.9 Å². The van der Waals surface area contributed by atoms with Crippen LogP contribution in [0.5, 0.6) is 0 Å². The number of pyridine rings is 1. The summed E-state index contributed by atoms with van der Waals surface area (Å²) in [7, 11) is 0. The summed E-state index contributed by atoms with van der Waals surface area (Å²) in [4.78, 5) is 6.90. The van der Waals surface area contributed by atoms with Crippen molar-refractivity contribution in [3.8, 4) is 0 Å². The Balaban J connectivity index is 1.91. The number of rotatable bonds is 3. The molecule has 0 radical (unpaired) electrons. The predicted molar refractivity (Wildman–Crippen MR) is 87.7 cm³/mol. The van der Waals surface area contributed by atoms with E-state index in [4.69, 9.17) is 11.6 Å². The third-order valence-corrected chi connectivity index (χ3v) is 4.77. The molecule has 4 heteroatoms. The van der Waals surface area contributed by atoms with E-state index in [9.17, 15) is 0 Å². The van der Waals surface area contributed by atoms with Crippen LogP contribution in [0.2, 0.25) is 5.02 Å². The maximum absolute atomic E-state index is 6.12. The lowest BCUT2D eigenvalue weighted by Gasteiger charge is -2.35. The molecule has 20 heavy (non-hydrogen) atoms. The van der Waals surface area contributed by atoms with Crippen molar-refractivity contribution in [2.24, 2.45) is 5.92 Å². The molecule has 104 valence electrons. The Bertz CT molecular complexity index is 588. The molecule has 0 unspecified atom stereocenters. The minimum absolute atomic E-state index is 0.597. The Hall–Kier alpha value is -1.06. The van der Waals surface area contributed by atoms with Crippen molar-refractivity contribution in [3.63, 3.8) is 0 Å². The number of alkyl halides is 1. The average molecular weight is 352 g/mol. The zero-order valence-corrected chi connectivity index (χ0v) is 13.4. The lowest BCUT2D eigenvalue weighted by atomic mass is 9.97. The quantitative estimate of drug-likeness (QED) is 0.766. The first-order valence-electron chi connectivity index (χ1n) is 6.75. The Kier molecular flexibility index (Phi) is 4.27. The van der Waals surface area contributed by atoms with E-state index in [1.807, 2.05) is 12.1 Å². The third kappa shape index (κ3) is 2.99. The van der Waals surface area contributed by atoms with Crippen LogP contribution in [0.15, 0.2) is 42.6 Å². The largest absolute Gasteiger partial charge is 0.365 e. The number of hydrogen-bond acceptors (Lipinski definition) is 2. The van der Waals surface area contributed by atoms with Crippen LogP contribution in [-0.4, -0.2) is 16.9 Å². The summed E-state index contributed by atoms with van der Waals surface area (Å²) < 4.78 is 0. The highest BCUT2D eigenvalue weighted by molar-refractivity contribution is 9.09. The number of hydrogen-bond donors (Lipinski definition) is 0. The number of fused-ring (bicyclic) bond motifs is 1. The second-order valence-electron chi connectivity index (χ2n) is 5.21. The van der Waals surface area contributed by atoms with Crippen molar-refractivity contribution in [1.82, 2.24) is 4.98 Å². The molecular weight excluding hydrogens is 336 g/mol. The van der Waals surface area contributed by atoms with E-state index in [-0.39, 0.29) is 0 Å². The van der Waals surface area contributed by atoms with Crippen molar-refractivity contribution in [3.05, 3.63) is 58.9 Å². The van der Waals surface area contributed by atoms with Crippen molar-refractivity contribution < 1.29 is 0 Å². The average Bonchev–Trinajstić information content (AvgIpc) is 2.48. The van der Waals surface area contributed by atoms with Gasteiger partial charge in [0.2, 0.25) is 0 Å². The maximum atomic E-state index is 6.12. The molecule has 3 rings (SSSR count).